The van der Waals surface area contributed by atoms with Crippen LogP contribution in [-0.4, -0.2) is 48.1 Å². The van der Waals surface area contributed by atoms with Gasteiger partial charge in [0, 0.05) is 16.5 Å². The Balaban J connectivity index is 1.63. The lowest BCUT2D eigenvalue weighted by Crippen LogP contribution is -2.37. The third kappa shape index (κ3) is 4.32. The molecule has 6 nitrogen and oxygen atoms in total. The molecular formula is C21H19FN2O4S2. The molecule has 2 aliphatic heterocycles. The molecule has 0 radical (unpaired) electrons. The van der Waals surface area contributed by atoms with Gasteiger partial charge >= 0.3 is 0 Å². The standard InChI is InChI=1S/C21H19FN2O4S2/c1-13(25)15-4-8-17(9-5-15)24-18-11-30(27,28)12-19(18)29-21(24)23-20(26)10-14-2-6-16(22)7-3-14/h2-9,18-19H,10-12H2,1H3/t18-,19-/m0/s1. The first-order chi connectivity index (χ1) is 14.2. The summed E-state index contributed by atoms with van der Waals surface area (Å²) in [5.74, 6) is -0.808. The largest absolute Gasteiger partial charge is 0.316 e. The second-order valence-corrected chi connectivity index (χ2v) is 10.7. The first-order valence-electron chi connectivity index (χ1n) is 9.35. The number of halogens is 1. The summed E-state index contributed by atoms with van der Waals surface area (Å²) < 4.78 is 37.4. The van der Waals surface area contributed by atoms with Crippen molar-refractivity contribution in [2.45, 2.75) is 24.6 Å². The molecule has 156 valence electrons. The molecule has 2 heterocycles. The van der Waals surface area contributed by atoms with Crippen LogP contribution in [0.2, 0.25) is 0 Å². The van der Waals surface area contributed by atoms with Gasteiger partial charge in [-0.2, -0.15) is 4.99 Å². The van der Waals surface area contributed by atoms with Crippen molar-refractivity contribution in [2.75, 3.05) is 16.4 Å². The van der Waals surface area contributed by atoms with Crippen molar-refractivity contribution in [3.8, 4) is 0 Å². The number of nitrogens with zero attached hydrogens (tertiary/aromatic N) is 2. The Kier molecular flexibility index (Phi) is 5.50. The molecule has 2 atom stereocenters. The van der Waals surface area contributed by atoms with E-state index in [9.17, 15) is 22.4 Å². The number of aliphatic imine (C=N–C) groups is 1. The van der Waals surface area contributed by atoms with Gasteiger partial charge < -0.3 is 4.90 Å². The number of anilines is 1. The number of benzene rings is 2. The van der Waals surface area contributed by atoms with Crippen molar-refractivity contribution in [1.29, 1.82) is 0 Å². The van der Waals surface area contributed by atoms with E-state index in [2.05, 4.69) is 4.99 Å². The molecule has 2 fully saturated rings. The van der Waals surface area contributed by atoms with E-state index in [1.54, 1.807) is 29.2 Å². The van der Waals surface area contributed by atoms with Gasteiger partial charge in [0.05, 0.1) is 24.0 Å². The van der Waals surface area contributed by atoms with Crippen LogP contribution in [0.4, 0.5) is 10.1 Å². The van der Waals surface area contributed by atoms with Gasteiger partial charge in [0.25, 0.3) is 5.91 Å². The number of thioether (sulfide) groups is 1. The number of rotatable bonds is 4. The van der Waals surface area contributed by atoms with Gasteiger partial charge in [-0.1, -0.05) is 23.9 Å². The van der Waals surface area contributed by atoms with E-state index < -0.39 is 15.7 Å². The highest BCUT2D eigenvalue weighted by Gasteiger charge is 2.49. The van der Waals surface area contributed by atoms with Crippen molar-refractivity contribution in [2.24, 2.45) is 4.99 Å². The Labute approximate surface area is 178 Å². The second-order valence-electron chi connectivity index (χ2n) is 7.36. The van der Waals surface area contributed by atoms with Crippen LogP contribution < -0.4 is 4.90 Å². The first kappa shape index (κ1) is 20.7. The maximum atomic E-state index is 13.1. The predicted octanol–water partition coefficient (Wildman–Crippen LogP) is 2.87. The smallest absolute Gasteiger partial charge is 0.252 e. The number of carbonyl (C=O) groups is 2. The summed E-state index contributed by atoms with van der Waals surface area (Å²) in [6, 6.07) is 12.2. The normalized spacial score (nSPS) is 23.5. The molecule has 0 aromatic heterocycles. The highest BCUT2D eigenvalue weighted by molar-refractivity contribution is 8.16. The monoisotopic (exact) mass is 446 g/mol. The maximum absolute atomic E-state index is 13.1. The fraction of sp³-hybridized carbons (Fsp3) is 0.286. The SMILES string of the molecule is CC(=O)c1ccc(N2C(=NC(=O)Cc3ccc(F)cc3)S[C@H]3CS(=O)(=O)C[C@@H]32)cc1. The Morgan fingerprint density at radius 2 is 1.77 bits per heavy atom. The number of ketones is 1. The maximum Gasteiger partial charge on any atom is 0.252 e. The molecule has 1 amide bonds. The summed E-state index contributed by atoms with van der Waals surface area (Å²) in [6.07, 6.45) is 0.0229. The number of amidine groups is 1. The molecule has 0 aliphatic carbocycles. The fourth-order valence-corrected chi connectivity index (χ4v) is 7.58. The molecule has 30 heavy (non-hydrogen) atoms. The Hall–Kier alpha value is -2.52. The Morgan fingerprint density at radius 1 is 1.10 bits per heavy atom. The van der Waals surface area contributed by atoms with Crippen LogP contribution in [0.5, 0.6) is 0 Å². The van der Waals surface area contributed by atoms with E-state index >= 15 is 0 Å². The summed E-state index contributed by atoms with van der Waals surface area (Å²) in [7, 11) is -3.16. The van der Waals surface area contributed by atoms with Gasteiger partial charge in [0.2, 0.25) is 0 Å². The molecule has 9 heteroatoms. The van der Waals surface area contributed by atoms with Crippen LogP contribution in [0.25, 0.3) is 0 Å². The van der Waals surface area contributed by atoms with E-state index in [4.69, 9.17) is 0 Å². The highest BCUT2D eigenvalue weighted by atomic mass is 32.2. The zero-order valence-corrected chi connectivity index (χ0v) is 17.7. The number of amides is 1. The molecule has 2 aliphatic rings. The summed E-state index contributed by atoms with van der Waals surface area (Å²) in [5.41, 5.74) is 1.88. The molecule has 2 saturated heterocycles. The molecule has 2 aromatic carbocycles. The average molecular weight is 447 g/mol. The van der Waals surface area contributed by atoms with Crippen LogP contribution in [0, 0.1) is 5.82 Å². The zero-order chi connectivity index (χ0) is 21.5. The minimum atomic E-state index is -3.16. The van der Waals surface area contributed by atoms with Gasteiger partial charge in [-0.25, -0.2) is 12.8 Å². The highest BCUT2D eigenvalue weighted by Crippen LogP contribution is 2.41. The molecular weight excluding hydrogens is 427 g/mol. The summed E-state index contributed by atoms with van der Waals surface area (Å²) in [5, 5.41) is 0.238. The summed E-state index contributed by atoms with van der Waals surface area (Å²) in [4.78, 5) is 30.1. The van der Waals surface area contributed by atoms with E-state index in [-0.39, 0.29) is 40.8 Å². The minimum Gasteiger partial charge on any atom is -0.316 e. The topological polar surface area (TPSA) is 83.9 Å². The van der Waals surface area contributed by atoms with Crippen molar-refractivity contribution < 1.29 is 22.4 Å². The van der Waals surface area contributed by atoms with Crippen molar-refractivity contribution in [1.82, 2.24) is 0 Å². The van der Waals surface area contributed by atoms with Crippen LogP contribution >= 0.6 is 11.8 Å². The minimum absolute atomic E-state index is 0.00962. The quantitative estimate of drug-likeness (QED) is 0.672. The Bertz CT molecular complexity index is 1130. The lowest BCUT2D eigenvalue weighted by molar-refractivity contribution is -0.117. The molecule has 0 N–H and O–H groups in total. The number of sulfone groups is 1. The molecule has 0 saturated carbocycles. The zero-order valence-electron chi connectivity index (χ0n) is 16.1. The molecule has 4 rings (SSSR count). The van der Waals surface area contributed by atoms with E-state index in [1.807, 2.05) is 0 Å². The third-order valence-corrected chi connectivity index (χ3v) is 8.32. The molecule has 0 unspecified atom stereocenters. The second kappa shape index (κ2) is 7.96. The van der Waals surface area contributed by atoms with E-state index in [0.717, 1.165) is 0 Å². The van der Waals surface area contributed by atoms with Crippen LogP contribution in [0.15, 0.2) is 53.5 Å². The number of carbonyl (C=O) groups excluding carboxylic acids is 2. The van der Waals surface area contributed by atoms with Crippen LogP contribution in [-0.2, 0) is 21.1 Å². The van der Waals surface area contributed by atoms with Crippen LogP contribution in [0.1, 0.15) is 22.8 Å². The van der Waals surface area contributed by atoms with E-state index in [0.29, 0.717) is 22.0 Å². The lowest BCUT2D eigenvalue weighted by Gasteiger charge is -2.24. The van der Waals surface area contributed by atoms with Crippen LogP contribution in [0.3, 0.4) is 0 Å². The predicted molar refractivity (Wildman–Crippen MR) is 115 cm³/mol. The van der Waals surface area contributed by atoms with Crippen molar-refractivity contribution >= 4 is 44.1 Å². The fourth-order valence-electron chi connectivity index (χ4n) is 3.65. The van der Waals surface area contributed by atoms with Crippen molar-refractivity contribution in [3.63, 3.8) is 0 Å². The first-order valence-corrected chi connectivity index (χ1v) is 12.1. The number of hydrogen-bond acceptors (Lipinski definition) is 5. The van der Waals surface area contributed by atoms with Crippen molar-refractivity contribution in [3.05, 3.63) is 65.5 Å². The molecule has 0 bridgehead atoms. The molecule has 2 aromatic rings. The number of fused-ring (bicyclic) bond motifs is 1. The van der Waals surface area contributed by atoms with Gasteiger partial charge in [0.1, 0.15) is 5.82 Å². The number of Topliss-reactive ketones (excluding diaryl/α,β-unsaturated/α-hetero) is 1. The third-order valence-electron chi connectivity index (χ3n) is 5.11. The summed E-state index contributed by atoms with van der Waals surface area (Å²) >= 11 is 1.29. The van der Waals surface area contributed by atoms with Gasteiger partial charge in [0.15, 0.2) is 20.8 Å². The van der Waals surface area contributed by atoms with Gasteiger partial charge in [-0.3, -0.25) is 9.59 Å². The molecule has 0 spiro atoms. The van der Waals surface area contributed by atoms with E-state index in [1.165, 1.54) is 43.0 Å². The summed E-state index contributed by atoms with van der Waals surface area (Å²) in [6.45, 7) is 1.47. The lowest BCUT2D eigenvalue weighted by atomic mass is 10.1. The number of hydrogen-bond donors (Lipinski definition) is 0. The Morgan fingerprint density at radius 3 is 2.40 bits per heavy atom. The van der Waals surface area contributed by atoms with Gasteiger partial charge in [-0.15, -0.1) is 0 Å². The average Bonchev–Trinajstić information content (AvgIpc) is 3.14. The van der Waals surface area contributed by atoms with Gasteiger partial charge in [-0.05, 0) is 48.9 Å².